The average molecular weight is 373 g/mol. The maximum Gasteiger partial charge on any atom is 0.321 e. The van der Waals surface area contributed by atoms with Crippen LogP contribution in [0.5, 0.6) is 0 Å². The number of hydrogen-bond donors (Lipinski definition) is 3. The van der Waals surface area contributed by atoms with E-state index in [4.69, 9.17) is 23.2 Å². The van der Waals surface area contributed by atoms with Gasteiger partial charge in [0.1, 0.15) is 0 Å². The molecule has 0 radical (unpaired) electrons. The lowest BCUT2D eigenvalue weighted by atomic mass is 10.2. The van der Waals surface area contributed by atoms with Crippen molar-refractivity contribution >= 4 is 46.7 Å². The van der Waals surface area contributed by atoms with Crippen LogP contribution >= 0.6 is 23.2 Å². The first-order valence-electron chi connectivity index (χ1n) is 7.42. The number of nitrogens with zero attached hydrogens (tertiary/aromatic N) is 1. The number of rotatable bonds is 4. The van der Waals surface area contributed by atoms with E-state index in [0.717, 1.165) is 6.42 Å². The van der Waals surface area contributed by atoms with Gasteiger partial charge in [0.25, 0.3) is 0 Å². The lowest BCUT2D eigenvalue weighted by Crippen LogP contribution is -2.47. The molecule has 0 aromatic heterocycles. The number of benzene rings is 1. The Kier molecular flexibility index (Phi) is 6.42. The Labute approximate surface area is 149 Å². The van der Waals surface area contributed by atoms with Gasteiger partial charge in [0.2, 0.25) is 11.8 Å². The number of urea groups is 1. The number of nitrogens with one attached hydrogen (secondary N) is 3. The van der Waals surface area contributed by atoms with Gasteiger partial charge in [-0.2, -0.15) is 0 Å². The zero-order valence-electron chi connectivity index (χ0n) is 13.1. The van der Waals surface area contributed by atoms with Crippen molar-refractivity contribution in [2.45, 2.75) is 18.9 Å². The molecule has 9 heteroatoms. The van der Waals surface area contributed by atoms with Crippen molar-refractivity contribution in [3.63, 3.8) is 0 Å². The topological polar surface area (TPSA) is 90.5 Å². The summed E-state index contributed by atoms with van der Waals surface area (Å²) in [5, 5.41) is 8.06. The molecule has 1 aromatic rings. The molecule has 0 spiro atoms. The average Bonchev–Trinajstić information content (AvgIpc) is 2.97. The zero-order valence-corrected chi connectivity index (χ0v) is 14.6. The minimum absolute atomic E-state index is 0.0279. The van der Waals surface area contributed by atoms with Crippen LogP contribution in [0.25, 0.3) is 0 Å². The third-order valence-corrected chi connectivity index (χ3v) is 4.23. The second-order valence-corrected chi connectivity index (χ2v) is 6.21. The monoisotopic (exact) mass is 372 g/mol. The summed E-state index contributed by atoms with van der Waals surface area (Å²) in [6.45, 7) is 0.577. The smallest absolute Gasteiger partial charge is 0.321 e. The Balaban J connectivity index is 1.97. The normalized spacial score (nSPS) is 17.4. The fourth-order valence-electron chi connectivity index (χ4n) is 2.53. The van der Waals surface area contributed by atoms with Crippen LogP contribution < -0.4 is 16.0 Å². The first kappa shape index (κ1) is 18.5. The molecule has 3 N–H and O–H groups in total. The Morgan fingerprint density at radius 2 is 2.04 bits per heavy atom. The van der Waals surface area contributed by atoms with Gasteiger partial charge in [-0.3, -0.25) is 19.8 Å². The van der Waals surface area contributed by atoms with Gasteiger partial charge < -0.3 is 10.6 Å². The summed E-state index contributed by atoms with van der Waals surface area (Å²) in [6.07, 6.45) is 1.42. The van der Waals surface area contributed by atoms with E-state index in [0.29, 0.717) is 28.7 Å². The lowest BCUT2D eigenvalue weighted by molar-refractivity contribution is -0.124. The van der Waals surface area contributed by atoms with E-state index >= 15 is 0 Å². The Morgan fingerprint density at radius 3 is 2.71 bits per heavy atom. The number of hydrogen-bond acceptors (Lipinski definition) is 4. The van der Waals surface area contributed by atoms with E-state index in [1.54, 1.807) is 23.1 Å². The summed E-state index contributed by atoms with van der Waals surface area (Å²) in [5.74, 6) is -0.706. The van der Waals surface area contributed by atoms with Crippen LogP contribution in [-0.4, -0.2) is 48.9 Å². The minimum atomic E-state index is -0.576. The predicted octanol–water partition coefficient (Wildman–Crippen LogP) is 1.85. The molecule has 2 rings (SSSR count). The van der Waals surface area contributed by atoms with Gasteiger partial charge in [-0.25, -0.2) is 4.79 Å². The highest BCUT2D eigenvalue weighted by molar-refractivity contribution is 6.36. The molecule has 1 fully saturated rings. The molecule has 1 atom stereocenters. The molecule has 1 saturated heterocycles. The number of likely N-dealkylation sites (tertiary alicyclic amines) is 1. The van der Waals surface area contributed by atoms with Crippen LogP contribution in [0, 0.1) is 0 Å². The molecule has 24 heavy (non-hydrogen) atoms. The van der Waals surface area contributed by atoms with E-state index in [1.807, 2.05) is 0 Å². The maximum atomic E-state index is 12.5. The Morgan fingerprint density at radius 1 is 1.29 bits per heavy atom. The fraction of sp³-hybridized carbons (Fsp3) is 0.400. The van der Waals surface area contributed by atoms with Crippen molar-refractivity contribution in [1.82, 2.24) is 15.5 Å². The van der Waals surface area contributed by atoms with Gasteiger partial charge in [-0.15, -0.1) is 0 Å². The van der Waals surface area contributed by atoms with Crippen molar-refractivity contribution in [1.29, 1.82) is 0 Å². The molecule has 1 aromatic carbocycles. The fourth-order valence-corrected chi connectivity index (χ4v) is 2.99. The highest BCUT2D eigenvalue weighted by Gasteiger charge is 2.32. The van der Waals surface area contributed by atoms with Crippen LogP contribution in [0.15, 0.2) is 18.2 Å². The molecule has 0 aliphatic carbocycles. The number of amides is 4. The first-order chi connectivity index (χ1) is 11.4. The Hall–Kier alpha value is -1.83. The highest BCUT2D eigenvalue weighted by atomic mass is 35.5. The molecular weight excluding hydrogens is 355 g/mol. The van der Waals surface area contributed by atoms with Crippen LogP contribution in [0.2, 0.25) is 10.0 Å². The van der Waals surface area contributed by atoms with Gasteiger partial charge in [0.05, 0.1) is 23.3 Å². The van der Waals surface area contributed by atoms with Crippen LogP contribution in [-0.2, 0) is 9.59 Å². The summed E-state index contributed by atoms with van der Waals surface area (Å²) < 4.78 is 0. The van der Waals surface area contributed by atoms with Gasteiger partial charge in [0, 0.05) is 12.1 Å². The maximum absolute atomic E-state index is 12.5. The summed E-state index contributed by atoms with van der Waals surface area (Å²) in [7, 11) is 1.42. The summed E-state index contributed by atoms with van der Waals surface area (Å²) in [6, 6.07) is 3.77. The standard InChI is InChI=1S/C15H18Cl2N4O3/c1-18-15(24)20-13(22)8-21-6-2-3-12(21)14(23)19-11-5-4-9(16)7-10(11)17/h4-5,7,12H,2-3,6,8H2,1H3,(H,19,23)(H2,18,20,22,24)/t12-/m1/s1. The van der Waals surface area contributed by atoms with E-state index in [1.165, 1.54) is 7.05 Å². The number of halogens is 2. The van der Waals surface area contributed by atoms with Gasteiger partial charge in [-0.1, -0.05) is 23.2 Å². The second kappa shape index (κ2) is 8.32. The van der Waals surface area contributed by atoms with Crippen molar-refractivity contribution in [3.8, 4) is 0 Å². The molecule has 0 unspecified atom stereocenters. The summed E-state index contributed by atoms with van der Waals surface area (Å²) >= 11 is 11.9. The summed E-state index contributed by atoms with van der Waals surface area (Å²) in [4.78, 5) is 37.2. The molecule has 7 nitrogen and oxygen atoms in total. The Bertz CT molecular complexity index is 654. The van der Waals surface area contributed by atoms with Crippen molar-refractivity contribution in [2.75, 3.05) is 25.5 Å². The second-order valence-electron chi connectivity index (χ2n) is 5.37. The van der Waals surface area contributed by atoms with E-state index in [-0.39, 0.29) is 12.5 Å². The van der Waals surface area contributed by atoms with Crippen LogP contribution in [0.1, 0.15) is 12.8 Å². The van der Waals surface area contributed by atoms with Crippen LogP contribution in [0.4, 0.5) is 10.5 Å². The molecule has 0 saturated carbocycles. The van der Waals surface area contributed by atoms with E-state index < -0.39 is 18.0 Å². The van der Waals surface area contributed by atoms with E-state index in [9.17, 15) is 14.4 Å². The molecule has 1 aliphatic rings. The summed E-state index contributed by atoms with van der Waals surface area (Å²) in [5.41, 5.74) is 0.465. The number of carbonyl (C=O) groups excluding carboxylic acids is 3. The highest BCUT2D eigenvalue weighted by Crippen LogP contribution is 2.26. The van der Waals surface area contributed by atoms with Crippen LogP contribution in [0.3, 0.4) is 0 Å². The van der Waals surface area contributed by atoms with Gasteiger partial charge in [-0.05, 0) is 37.6 Å². The zero-order chi connectivity index (χ0) is 17.7. The van der Waals surface area contributed by atoms with Gasteiger partial charge >= 0.3 is 6.03 Å². The third-order valence-electron chi connectivity index (χ3n) is 3.68. The third kappa shape index (κ3) is 4.83. The van der Waals surface area contributed by atoms with E-state index in [2.05, 4.69) is 16.0 Å². The lowest BCUT2D eigenvalue weighted by Gasteiger charge is -2.23. The number of anilines is 1. The molecule has 1 heterocycles. The molecule has 1 aliphatic heterocycles. The minimum Gasteiger partial charge on any atom is -0.341 e. The van der Waals surface area contributed by atoms with Gasteiger partial charge in [0.15, 0.2) is 0 Å². The largest absolute Gasteiger partial charge is 0.341 e. The molecule has 130 valence electrons. The predicted molar refractivity (Wildman–Crippen MR) is 92.3 cm³/mol. The molecule has 0 bridgehead atoms. The molecular formula is C15H18Cl2N4O3. The SMILES string of the molecule is CNC(=O)NC(=O)CN1CCC[C@@H]1C(=O)Nc1ccc(Cl)cc1Cl. The van der Waals surface area contributed by atoms with Crippen molar-refractivity contribution in [2.24, 2.45) is 0 Å². The first-order valence-corrected chi connectivity index (χ1v) is 8.18. The number of imide groups is 1. The van der Waals surface area contributed by atoms with Crippen molar-refractivity contribution < 1.29 is 14.4 Å². The van der Waals surface area contributed by atoms with Crippen molar-refractivity contribution in [3.05, 3.63) is 28.2 Å². The molecule has 4 amide bonds. The quantitative estimate of drug-likeness (QED) is 0.752. The number of carbonyl (C=O) groups is 3.